The maximum absolute atomic E-state index is 9.82. The van der Waals surface area contributed by atoms with Crippen LogP contribution in [-0.2, 0) is 6.42 Å². The lowest BCUT2D eigenvalue weighted by Gasteiger charge is -2.08. The quantitative estimate of drug-likeness (QED) is 0.792. The second-order valence-electron chi connectivity index (χ2n) is 3.82. The van der Waals surface area contributed by atoms with Crippen molar-refractivity contribution >= 4 is 11.6 Å². The number of aromatic hydroxyl groups is 1. The average molecular weight is 245 g/mol. The monoisotopic (exact) mass is 244 g/mol. The van der Waals surface area contributed by atoms with Crippen molar-refractivity contribution in [1.29, 1.82) is 0 Å². The molecule has 0 bridgehead atoms. The van der Waals surface area contributed by atoms with Gasteiger partial charge in [-0.15, -0.1) is 6.58 Å². The van der Waals surface area contributed by atoms with Gasteiger partial charge in [-0.05, 0) is 35.2 Å². The molecule has 1 N–H and O–H groups in total. The van der Waals surface area contributed by atoms with Crippen LogP contribution in [0, 0.1) is 0 Å². The molecule has 0 heterocycles. The van der Waals surface area contributed by atoms with E-state index < -0.39 is 0 Å². The molecule has 0 aromatic heterocycles. The minimum Gasteiger partial charge on any atom is -0.506 e. The molecular formula is C15H13ClO. The van der Waals surface area contributed by atoms with Crippen LogP contribution in [0.25, 0.3) is 11.1 Å². The highest BCUT2D eigenvalue weighted by Crippen LogP contribution is 2.33. The smallest absolute Gasteiger partial charge is 0.137 e. The summed E-state index contributed by atoms with van der Waals surface area (Å²) < 4.78 is 0. The highest BCUT2D eigenvalue weighted by Gasteiger charge is 2.08. The minimum absolute atomic E-state index is 0.145. The summed E-state index contributed by atoms with van der Waals surface area (Å²) in [5, 5.41) is 10.2. The van der Waals surface area contributed by atoms with E-state index in [2.05, 4.69) is 6.58 Å². The Labute approximate surface area is 106 Å². The van der Waals surface area contributed by atoms with E-state index >= 15 is 0 Å². The normalized spacial score (nSPS) is 10.2. The van der Waals surface area contributed by atoms with Crippen molar-refractivity contribution in [2.45, 2.75) is 6.42 Å². The van der Waals surface area contributed by atoms with Gasteiger partial charge in [-0.1, -0.05) is 48.0 Å². The maximum Gasteiger partial charge on any atom is 0.137 e. The van der Waals surface area contributed by atoms with E-state index in [9.17, 15) is 5.11 Å². The van der Waals surface area contributed by atoms with Crippen LogP contribution >= 0.6 is 11.6 Å². The van der Waals surface area contributed by atoms with E-state index in [1.165, 1.54) is 0 Å². The van der Waals surface area contributed by atoms with Gasteiger partial charge < -0.3 is 5.11 Å². The predicted molar refractivity (Wildman–Crippen MR) is 72.5 cm³/mol. The molecule has 0 unspecified atom stereocenters. The van der Waals surface area contributed by atoms with E-state index in [0.717, 1.165) is 16.7 Å². The summed E-state index contributed by atoms with van der Waals surface area (Å²) in [6.45, 7) is 3.67. The topological polar surface area (TPSA) is 20.2 Å². The first-order valence-electron chi connectivity index (χ1n) is 5.40. The predicted octanol–water partition coefficient (Wildman–Crippen LogP) is 4.44. The van der Waals surface area contributed by atoms with Crippen molar-refractivity contribution < 1.29 is 5.11 Å². The van der Waals surface area contributed by atoms with Gasteiger partial charge in [0.05, 0.1) is 5.02 Å². The van der Waals surface area contributed by atoms with Crippen molar-refractivity contribution in [1.82, 2.24) is 0 Å². The Bertz CT molecular complexity index is 532. The van der Waals surface area contributed by atoms with Crippen molar-refractivity contribution in [2.75, 3.05) is 0 Å². The molecule has 17 heavy (non-hydrogen) atoms. The van der Waals surface area contributed by atoms with E-state index in [1.807, 2.05) is 36.4 Å². The van der Waals surface area contributed by atoms with Gasteiger partial charge in [0.1, 0.15) is 5.75 Å². The summed E-state index contributed by atoms with van der Waals surface area (Å²) in [4.78, 5) is 0. The van der Waals surface area contributed by atoms with Gasteiger partial charge in [-0.2, -0.15) is 0 Å². The van der Waals surface area contributed by atoms with E-state index in [4.69, 9.17) is 11.6 Å². The second-order valence-corrected chi connectivity index (χ2v) is 4.23. The third kappa shape index (κ3) is 2.51. The van der Waals surface area contributed by atoms with Gasteiger partial charge in [-0.3, -0.25) is 0 Å². The molecule has 0 radical (unpaired) electrons. The Morgan fingerprint density at radius 2 is 1.82 bits per heavy atom. The molecular weight excluding hydrogens is 232 g/mol. The number of hydrogen-bond donors (Lipinski definition) is 1. The van der Waals surface area contributed by atoms with Gasteiger partial charge in [0.2, 0.25) is 0 Å². The van der Waals surface area contributed by atoms with Crippen molar-refractivity contribution in [3.63, 3.8) is 0 Å². The second kappa shape index (κ2) is 5.07. The molecule has 1 nitrogen and oxygen atoms in total. The van der Waals surface area contributed by atoms with Gasteiger partial charge in [0.25, 0.3) is 0 Å². The Morgan fingerprint density at radius 3 is 2.47 bits per heavy atom. The maximum atomic E-state index is 9.82. The highest BCUT2D eigenvalue weighted by molar-refractivity contribution is 6.32. The standard InChI is InChI=1S/C15H13ClO/c1-2-6-12-9-13(10-14(16)15(12)17)11-7-4-3-5-8-11/h2-5,7-10,17H,1,6H2. The SMILES string of the molecule is C=CCc1cc(-c2ccccc2)cc(Cl)c1O. The van der Waals surface area contributed by atoms with E-state index in [0.29, 0.717) is 11.4 Å². The lowest BCUT2D eigenvalue weighted by Crippen LogP contribution is -1.86. The number of benzene rings is 2. The first-order valence-corrected chi connectivity index (χ1v) is 5.78. The molecule has 0 fully saturated rings. The van der Waals surface area contributed by atoms with Crippen molar-refractivity contribution in [3.05, 3.63) is 65.7 Å². The first-order chi connectivity index (χ1) is 8.22. The molecule has 86 valence electrons. The fraction of sp³-hybridized carbons (Fsp3) is 0.0667. The zero-order chi connectivity index (χ0) is 12.3. The zero-order valence-electron chi connectivity index (χ0n) is 9.36. The average Bonchev–Trinajstić information content (AvgIpc) is 2.36. The van der Waals surface area contributed by atoms with Crippen LogP contribution in [0.2, 0.25) is 5.02 Å². The Balaban J connectivity index is 2.53. The summed E-state index contributed by atoms with van der Waals surface area (Å²) in [5.74, 6) is 0.145. The lowest BCUT2D eigenvalue weighted by molar-refractivity contribution is 0.470. The number of rotatable bonds is 3. The van der Waals surface area contributed by atoms with Crippen LogP contribution in [0.15, 0.2) is 55.1 Å². The van der Waals surface area contributed by atoms with Crippen LogP contribution < -0.4 is 0 Å². The zero-order valence-corrected chi connectivity index (χ0v) is 10.1. The largest absolute Gasteiger partial charge is 0.506 e. The number of allylic oxidation sites excluding steroid dienone is 1. The molecule has 0 amide bonds. The summed E-state index contributed by atoms with van der Waals surface area (Å²) >= 11 is 6.02. The lowest BCUT2D eigenvalue weighted by atomic mass is 10.0. The van der Waals surface area contributed by atoms with Crippen molar-refractivity contribution in [3.8, 4) is 16.9 Å². The molecule has 0 atom stereocenters. The number of phenols is 1. The Kier molecular flexibility index (Phi) is 3.50. The van der Waals surface area contributed by atoms with Crippen molar-refractivity contribution in [2.24, 2.45) is 0 Å². The number of halogens is 1. The van der Waals surface area contributed by atoms with Crippen LogP contribution in [0.3, 0.4) is 0 Å². The van der Waals surface area contributed by atoms with Gasteiger partial charge in [-0.25, -0.2) is 0 Å². The minimum atomic E-state index is 0.145. The summed E-state index contributed by atoms with van der Waals surface area (Å²) in [6, 6.07) is 13.7. The van der Waals surface area contributed by atoms with E-state index in [-0.39, 0.29) is 5.75 Å². The molecule has 2 heteroatoms. The fourth-order valence-corrected chi connectivity index (χ4v) is 2.00. The van der Waals surface area contributed by atoms with Gasteiger partial charge in [0, 0.05) is 0 Å². The molecule has 0 saturated heterocycles. The molecule has 2 aromatic rings. The Morgan fingerprint density at radius 1 is 1.12 bits per heavy atom. The van der Waals surface area contributed by atoms with Gasteiger partial charge >= 0.3 is 0 Å². The highest BCUT2D eigenvalue weighted by atomic mass is 35.5. The molecule has 2 aromatic carbocycles. The van der Waals surface area contributed by atoms with Gasteiger partial charge in [0.15, 0.2) is 0 Å². The number of hydrogen-bond acceptors (Lipinski definition) is 1. The molecule has 0 saturated carbocycles. The van der Waals surface area contributed by atoms with Crippen LogP contribution in [-0.4, -0.2) is 5.11 Å². The molecule has 0 aliphatic carbocycles. The fourth-order valence-electron chi connectivity index (χ4n) is 1.76. The summed E-state index contributed by atoms with van der Waals surface area (Å²) in [7, 11) is 0. The molecule has 2 rings (SSSR count). The first kappa shape index (κ1) is 11.7. The van der Waals surface area contributed by atoms with Crippen LogP contribution in [0.5, 0.6) is 5.75 Å². The number of phenolic OH excluding ortho intramolecular Hbond substituents is 1. The van der Waals surface area contributed by atoms with E-state index in [1.54, 1.807) is 12.1 Å². The molecule has 0 aliphatic heterocycles. The van der Waals surface area contributed by atoms with Crippen LogP contribution in [0.1, 0.15) is 5.56 Å². The Hall–Kier alpha value is -1.73. The summed E-state index contributed by atoms with van der Waals surface area (Å²) in [5.41, 5.74) is 2.89. The third-order valence-electron chi connectivity index (χ3n) is 2.61. The third-order valence-corrected chi connectivity index (χ3v) is 2.90. The molecule has 0 spiro atoms. The summed E-state index contributed by atoms with van der Waals surface area (Å²) in [6.07, 6.45) is 2.35. The molecule has 0 aliphatic rings. The van der Waals surface area contributed by atoms with Crippen LogP contribution in [0.4, 0.5) is 0 Å².